The van der Waals surface area contributed by atoms with E-state index in [9.17, 15) is 18.0 Å². The van der Waals surface area contributed by atoms with Crippen LogP contribution in [0.2, 0.25) is 0 Å². The lowest BCUT2D eigenvalue weighted by atomic mass is 10.0. The van der Waals surface area contributed by atoms with Gasteiger partial charge in [-0.2, -0.15) is 0 Å². The molecule has 0 aliphatic carbocycles. The third-order valence-electron chi connectivity index (χ3n) is 3.32. The summed E-state index contributed by atoms with van der Waals surface area (Å²) in [7, 11) is -3.79. The van der Waals surface area contributed by atoms with Crippen LogP contribution in [0.4, 0.5) is 5.69 Å². The number of anilines is 1. The first-order valence-corrected chi connectivity index (χ1v) is 8.00. The van der Waals surface area contributed by atoms with E-state index < -0.39 is 10.0 Å². The van der Waals surface area contributed by atoms with Gasteiger partial charge in [-0.1, -0.05) is 12.2 Å². The monoisotopic (exact) mass is 308 g/mol. The zero-order valence-electron chi connectivity index (χ0n) is 11.5. The molecule has 2 amide bonds. The van der Waals surface area contributed by atoms with Crippen molar-refractivity contribution in [2.45, 2.75) is 24.7 Å². The molecule has 1 aliphatic rings. The lowest BCUT2D eigenvalue weighted by Crippen LogP contribution is -2.30. The highest BCUT2D eigenvalue weighted by atomic mass is 32.2. The third kappa shape index (κ3) is 3.20. The number of amides is 2. The summed E-state index contributed by atoms with van der Waals surface area (Å²) in [6, 6.07) is 5.39. The van der Waals surface area contributed by atoms with Crippen molar-refractivity contribution in [3.8, 4) is 0 Å². The molecule has 1 unspecified atom stereocenters. The molecule has 1 aliphatic heterocycles. The Labute approximate surface area is 123 Å². The summed E-state index contributed by atoms with van der Waals surface area (Å²) >= 11 is 0. The van der Waals surface area contributed by atoms with E-state index in [1.165, 1.54) is 24.3 Å². The van der Waals surface area contributed by atoms with Crippen LogP contribution in [-0.2, 0) is 19.6 Å². The fraction of sp³-hybridized carbons (Fsp3) is 0.286. The number of rotatable bonds is 4. The van der Waals surface area contributed by atoms with Gasteiger partial charge in [0.2, 0.25) is 21.8 Å². The van der Waals surface area contributed by atoms with E-state index in [0.29, 0.717) is 12.1 Å². The minimum absolute atomic E-state index is 0.0594. The second-order valence-corrected chi connectivity index (χ2v) is 6.37. The Morgan fingerprint density at radius 3 is 2.43 bits per heavy atom. The molecule has 2 N–H and O–H groups in total. The molecule has 0 saturated carbocycles. The molecule has 1 fully saturated rings. The van der Waals surface area contributed by atoms with Crippen molar-refractivity contribution < 1.29 is 18.0 Å². The molecule has 1 aromatic carbocycles. The van der Waals surface area contributed by atoms with Crippen molar-refractivity contribution in [2.75, 3.05) is 4.90 Å². The van der Waals surface area contributed by atoms with Crippen LogP contribution in [0.3, 0.4) is 0 Å². The minimum atomic E-state index is -3.79. The lowest BCUT2D eigenvalue weighted by Gasteiger charge is -2.15. The summed E-state index contributed by atoms with van der Waals surface area (Å²) in [5.74, 6) is -0.897. The number of allylic oxidation sites excluding steroid dienone is 2. The van der Waals surface area contributed by atoms with Gasteiger partial charge < -0.3 is 0 Å². The first kappa shape index (κ1) is 15.4. The van der Waals surface area contributed by atoms with E-state index in [0.717, 1.165) is 4.90 Å². The number of nitrogens with zero attached hydrogens (tertiary/aromatic N) is 1. The average molecular weight is 308 g/mol. The Morgan fingerprint density at radius 2 is 1.90 bits per heavy atom. The number of primary sulfonamides is 1. The van der Waals surface area contributed by atoms with Gasteiger partial charge >= 0.3 is 0 Å². The predicted octanol–water partition coefficient (Wildman–Crippen LogP) is 1.18. The number of imide groups is 1. The first-order valence-electron chi connectivity index (χ1n) is 6.45. The van der Waals surface area contributed by atoms with Gasteiger partial charge in [0.1, 0.15) is 0 Å². The molecule has 0 spiro atoms. The van der Waals surface area contributed by atoms with Gasteiger partial charge in [-0.15, -0.1) is 0 Å². The molecule has 1 heterocycles. The average Bonchev–Trinajstić information content (AvgIpc) is 2.70. The molecule has 2 rings (SSSR count). The highest BCUT2D eigenvalue weighted by Crippen LogP contribution is 2.29. The van der Waals surface area contributed by atoms with E-state index in [4.69, 9.17) is 5.14 Å². The lowest BCUT2D eigenvalue weighted by molar-refractivity contribution is -0.122. The number of carbonyl (C=O) groups is 2. The summed E-state index contributed by atoms with van der Waals surface area (Å²) in [5, 5.41) is 5.01. The molecule has 112 valence electrons. The van der Waals surface area contributed by atoms with Crippen molar-refractivity contribution in [2.24, 2.45) is 11.1 Å². The highest BCUT2D eigenvalue weighted by Gasteiger charge is 2.38. The van der Waals surface area contributed by atoms with Crippen molar-refractivity contribution in [3.63, 3.8) is 0 Å². The zero-order valence-corrected chi connectivity index (χ0v) is 12.3. The predicted molar refractivity (Wildman–Crippen MR) is 77.8 cm³/mol. The summed E-state index contributed by atoms with van der Waals surface area (Å²) < 4.78 is 22.4. The fourth-order valence-electron chi connectivity index (χ4n) is 2.24. The second-order valence-electron chi connectivity index (χ2n) is 4.81. The largest absolute Gasteiger partial charge is 0.274 e. The Bertz CT molecular complexity index is 692. The summed E-state index contributed by atoms with van der Waals surface area (Å²) in [4.78, 5) is 25.2. The topological polar surface area (TPSA) is 97.5 Å². The minimum Gasteiger partial charge on any atom is -0.274 e. The van der Waals surface area contributed by atoms with Gasteiger partial charge in [0.05, 0.1) is 16.5 Å². The van der Waals surface area contributed by atoms with Crippen LogP contribution in [-0.4, -0.2) is 20.2 Å². The number of carbonyl (C=O) groups excluding carboxylic acids is 2. The molecule has 6 nitrogen and oxygen atoms in total. The summed E-state index contributed by atoms with van der Waals surface area (Å²) in [6.45, 7) is 1.85. The van der Waals surface area contributed by atoms with Crippen LogP contribution in [0, 0.1) is 5.92 Å². The molecule has 0 aromatic heterocycles. The van der Waals surface area contributed by atoms with Crippen molar-refractivity contribution >= 4 is 27.5 Å². The van der Waals surface area contributed by atoms with Gasteiger partial charge in [0, 0.05) is 6.42 Å². The van der Waals surface area contributed by atoms with Crippen LogP contribution in [0.1, 0.15) is 19.8 Å². The van der Waals surface area contributed by atoms with Gasteiger partial charge in [-0.25, -0.2) is 13.6 Å². The van der Waals surface area contributed by atoms with Crippen molar-refractivity contribution in [1.82, 2.24) is 0 Å². The molecule has 1 saturated heterocycles. The number of hydrogen-bond donors (Lipinski definition) is 1. The van der Waals surface area contributed by atoms with Crippen LogP contribution >= 0.6 is 0 Å². The van der Waals surface area contributed by atoms with Gasteiger partial charge in [-0.3, -0.25) is 14.5 Å². The molecule has 7 heteroatoms. The molecule has 1 aromatic rings. The first-order chi connectivity index (χ1) is 9.84. The van der Waals surface area contributed by atoms with Gasteiger partial charge in [-0.05, 0) is 37.6 Å². The maximum Gasteiger partial charge on any atom is 0.238 e. The number of hydrogen-bond acceptors (Lipinski definition) is 4. The van der Waals surface area contributed by atoms with Crippen LogP contribution in [0.25, 0.3) is 0 Å². The maximum atomic E-state index is 12.2. The molecule has 0 radical (unpaired) electrons. The zero-order chi connectivity index (χ0) is 15.6. The van der Waals surface area contributed by atoms with Crippen LogP contribution in [0.5, 0.6) is 0 Å². The van der Waals surface area contributed by atoms with E-state index >= 15 is 0 Å². The number of nitrogens with two attached hydrogens (primary N) is 1. The SMILES string of the molecule is C/C=C\CC1CC(=O)N(c2ccc(S(N)(=O)=O)cc2)C1=O. The van der Waals surface area contributed by atoms with Gasteiger partial charge in [0.15, 0.2) is 0 Å². The van der Waals surface area contributed by atoms with E-state index in [-0.39, 0.29) is 29.0 Å². The smallest absolute Gasteiger partial charge is 0.238 e. The van der Waals surface area contributed by atoms with Crippen molar-refractivity contribution in [3.05, 3.63) is 36.4 Å². The summed E-state index contributed by atoms with van der Waals surface area (Å²) in [5.41, 5.74) is 0.361. The van der Waals surface area contributed by atoms with Gasteiger partial charge in [0.25, 0.3) is 0 Å². The normalized spacial score (nSPS) is 19.7. The molecule has 21 heavy (non-hydrogen) atoms. The Hall–Kier alpha value is -1.99. The standard InChI is InChI=1S/C14H16N2O4S/c1-2-3-4-10-9-13(17)16(14(10)18)11-5-7-12(8-6-11)21(15,19)20/h2-3,5-8,10H,4,9H2,1H3,(H2,15,19,20)/b3-2-. The summed E-state index contributed by atoms with van der Waals surface area (Å²) in [6.07, 6.45) is 4.37. The molecular formula is C14H16N2O4S. The number of benzene rings is 1. The second kappa shape index (κ2) is 5.79. The van der Waals surface area contributed by atoms with Crippen LogP contribution < -0.4 is 10.0 Å². The van der Waals surface area contributed by atoms with E-state index in [1.54, 1.807) is 0 Å². The van der Waals surface area contributed by atoms with Crippen molar-refractivity contribution in [1.29, 1.82) is 0 Å². The molecular weight excluding hydrogens is 292 g/mol. The third-order valence-corrected chi connectivity index (χ3v) is 4.25. The maximum absolute atomic E-state index is 12.2. The molecule has 1 atom stereocenters. The van der Waals surface area contributed by atoms with Crippen LogP contribution in [0.15, 0.2) is 41.3 Å². The fourth-order valence-corrected chi connectivity index (χ4v) is 2.75. The molecule has 0 bridgehead atoms. The van der Waals surface area contributed by atoms with E-state index in [1.807, 2.05) is 19.1 Å². The Morgan fingerprint density at radius 1 is 1.29 bits per heavy atom. The van der Waals surface area contributed by atoms with E-state index in [2.05, 4.69) is 0 Å². The Kier molecular flexibility index (Phi) is 4.24. The Balaban J connectivity index is 2.26. The quantitative estimate of drug-likeness (QED) is 0.667. The highest BCUT2D eigenvalue weighted by molar-refractivity contribution is 7.89. The number of sulfonamides is 1.